The first kappa shape index (κ1) is 25.3. The van der Waals surface area contributed by atoms with Crippen molar-refractivity contribution in [2.75, 3.05) is 6.54 Å². The van der Waals surface area contributed by atoms with Gasteiger partial charge in [-0.1, -0.05) is 56.3 Å². The van der Waals surface area contributed by atoms with Crippen LogP contribution in [-0.2, 0) is 28.7 Å². The summed E-state index contributed by atoms with van der Waals surface area (Å²) in [5.74, 6) is -0.281. The predicted octanol–water partition coefficient (Wildman–Crippen LogP) is 4.54. The zero-order valence-electron chi connectivity index (χ0n) is 20.0. The van der Waals surface area contributed by atoms with Gasteiger partial charge in [-0.05, 0) is 54.2 Å². The number of benzene rings is 2. The first-order valence-corrected chi connectivity index (χ1v) is 13.9. The highest BCUT2D eigenvalue weighted by Crippen LogP contribution is 2.22. The lowest BCUT2D eigenvalue weighted by Crippen LogP contribution is -2.42. The van der Waals surface area contributed by atoms with Crippen LogP contribution >= 0.6 is 12.2 Å². The van der Waals surface area contributed by atoms with Crippen molar-refractivity contribution in [2.45, 2.75) is 56.7 Å². The second-order valence-electron chi connectivity index (χ2n) is 9.49. The zero-order valence-corrected chi connectivity index (χ0v) is 21.7. The summed E-state index contributed by atoms with van der Waals surface area (Å²) < 4.78 is 42.0. The molecule has 1 heterocycles. The van der Waals surface area contributed by atoms with Crippen molar-refractivity contribution in [3.8, 4) is 0 Å². The number of halogens is 1. The number of nitrogens with one attached hydrogen (secondary N) is 1. The molecule has 1 aromatic heterocycles. The van der Waals surface area contributed by atoms with Crippen LogP contribution in [0, 0.1) is 11.7 Å². The monoisotopic (exact) mass is 514 g/mol. The highest BCUT2D eigenvalue weighted by atomic mass is 32.2. The quantitative estimate of drug-likeness (QED) is 0.401. The molecule has 1 N–H and O–H groups in total. The average Bonchev–Trinajstić information content (AvgIpc) is 3.54. The van der Waals surface area contributed by atoms with Crippen LogP contribution in [0.5, 0.6) is 0 Å². The molecular formula is C26H31FN4O2S2. The van der Waals surface area contributed by atoms with Crippen molar-refractivity contribution in [3.05, 3.63) is 83.4 Å². The van der Waals surface area contributed by atoms with Gasteiger partial charge >= 0.3 is 0 Å². The van der Waals surface area contributed by atoms with Gasteiger partial charge in [-0.2, -0.15) is 0 Å². The number of nitrogens with zero attached hydrogens (tertiary/aromatic N) is 3. The standard InChI is InChI=1S/C26H31FN4O2S2/c1-19(2)15-30(25(34)29-23-12-13-23)17-24-14-28-26(31(24)16-20-6-4-3-5-7-20)35(32,33)18-21-8-10-22(27)11-9-21/h3-11,14,19,23H,12-13,15-18H2,1-2H3,(H,29,34). The molecular weight excluding hydrogens is 483 g/mol. The largest absolute Gasteiger partial charge is 0.360 e. The maximum atomic E-state index is 13.4. The summed E-state index contributed by atoms with van der Waals surface area (Å²) in [5, 5.41) is 4.09. The molecule has 9 heteroatoms. The summed E-state index contributed by atoms with van der Waals surface area (Å²) in [4.78, 5) is 6.46. The van der Waals surface area contributed by atoms with E-state index >= 15 is 0 Å². The number of aromatic nitrogens is 2. The van der Waals surface area contributed by atoms with Gasteiger partial charge in [0.15, 0.2) is 5.11 Å². The van der Waals surface area contributed by atoms with Gasteiger partial charge < -0.3 is 14.8 Å². The van der Waals surface area contributed by atoms with Crippen molar-refractivity contribution in [2.24, 2.45) is 5.92 Å². The molecule has 2 aromatic carbocycles. The predicted molar refractivity (Wildman–Crippen MR) is 139 cm³/mol. The molecule has 1 aliphatic rings. The SMILES string of the molecule is CC(C)CN(Cc1cnc(S(=O)(=O)Cc2ccc(F)cc2)n1Cc1ccccc1)C(=S)NC1CC1. The van der Waals surface area contributed by atoms with Crippen molar-refractivity contribution < 1.29 is 12.8 Å². The van der Waals surface area contributed by atoms with Crippen molar-refractivity contribution in [1.82, 2.24) is 19.8 Å². The molecule has 35 heavy (non-hydrogen) atoms. The van der Waals surface area contributed by atoms with E-state index in [2.05, 4.69) is 29.0 Å². The molecule has 186 valence electrons. The fraction of sp³-hybridized carbons (Fsp3) is 0.385. The summed E-state index contributed by atoms with van der Waals surface area (Å²) in [5.41, 5.74) is 2.25. The van der Waals surface area contributed by atoms with E-state index in [0.29, 0.717) is 35.7 Å². The molecule has 6 nitrogen and oxygen atoms in total. The van der Waals surface area contributed by atoms with Gasteiger partial charge in [0.1, 0.15) is 5.82 Å². The van der Waals surface area contributed by atoms with E-state index < -0.39 is 15.7 Å². The molecule has 3 aromatic rings. The maximum absolute atomic E-state index is 13.4. The Bertz CT molecular complexity index is 1250. The van der Waals surface area contributed by atoms with E-state index in [1.807, 2.05) is 30.3 Å². The van der Waals surface area contributed by atoms with E-state index in [1.165, 1.54) is 24.3 Å². The van der Waals surface area contributed by atoms with Gasteiger partial charge in [0.05, 0.1) is 30.7 Å². The molecule has 0 saturated heterocycles. The van der Waals surface area contributed by atoms with E-state index in [4.69, 9.17) is 12.2 Å². The lowest BCUT2D eigenvalue weighted by atomic mass is 10.2. The number of rotatable bonds is 10. The van der Waals surface area contributed by atoms with Crippen molar-refractivity contribution in [1.29, 1.82) is 0 Å². The van der Waals surface area contributed by atoms with Gasteiger partial charge in [-0.25, -0.2) is 17.8 Å². The Hall–Kier alpha value is -2.78. The van der Waals surface area contributed by atoms with Gasteiger partial charge in [-0.3, -0.25) is 0 Å². The van der Waals surface area contributed by atoms with E-state index in [1.54, 1.807) is 10.8 Å². The molecule has 0 radical (unpaired) electrons. The van der Waals surface area contributed by atoms with E-state index in [9.17, 15) is 12.8 Å². The number of sulfone groups is 1. The summed E-state index contributed by atoms with van der Waals surface area (Å²) >= 11 is 5.70. The minimum atomic E-state index is -3.78. The highest BCUT2D eigenvalue weighted by Gasteiger charge is 2.27. The third-order valence-electron chi connectivity index (χ3n) is 5.76. The highest BCUT2D eigenvalue weighted by molar-refractivity contribution is 7.90. The van der Waals surface area contributed by atoms with Crippen LogP contribution in [0.2, 0.25) is 0 Å². The Kier molecular flexibility index (Phi) is 7.86. The smallest absolute Gasteiger partial charge is 0.228 e. The number of imidazole rings is 1. The van der Waals surface area contributed by atoms with Crippen LogP contribution in [0.4, 0.5) is 4.39 Å². The molecule has 4 rings (SSSR count). The van der Waals surface area contributed by atoms with E-state index in [0.717, 1.165) is 30.6 Å². The Balaban J connectivity index is 1.66. The minimum absolute atomic E-state index is 0.00578. The summed E-state index contributed by atoms with van der Waals surface area (Å²) in [6.07, 6.45) is 3.87. The third kappa shape index (κ3) is 6.89. The first-order chi connectivity index (χ1) is 16.7. The van der Waals surface area contributed by atoms with Crippen LogP contribution in [0.25, 0.3) is 0 Å². The van der Waals surface area contributed by atoms with Gasteiger partial charge in [0.2, 0.25) is 15.0 Å². The molecule has 0 atom stereocenters. The first-order valence-electron chi connectivity index (χ1n) is 11.8. The molecule has 1 saturated carbocycles. The van der Waals surface area contributed by atoms with Gasteiger partial charge in [0, 0.05) is 12.6 Å². The average molecular weight is 515 g/mol. The Labute approximate surface area is 212 Å². The lowest BCUT2D eigenvalue weighted by molar-refractivity contribution is 0.344. The van der Waals surface area contributed by atoms with Crippen LogP contribution in [0.15, 0.2) is 66.0 Å². The second kappa shape index (κ2) is 10.9. The van der Waals surface area contributed by atoms with Crippen LogP contribution in [0.3, 0.4) is 0 Å². The molecule has 1 aliphatic carbocycles. The summed E-state index contributed by atoms with van der Waals surface area (Å²) in [6.45, 7) is 5.82. The second-order valence-corrected chi connectivity index (χ2v) is 11.8. The topological polar surface area (TPSA) is 67.2 Å². The normalized spacial score (nSPS) is 13.7. The van der Waals surface area contributed by atoms with Gasteiger partial charge in [0.25, 0.3) is 0 Å². The van der Waals surface area contributed by atoms with Crippen molar-refractivity contribution in [3.63, 3.8) is 0 Å². The number of thiocarbonyl (C=S) groups is 1. The fourth-order valence-corrected chi connectivity index (χ4v) is 5.71. The molecule has 0 unspecified atom stereocenters. The Morgan fingerprint density at radius 3 is 2.46 bits per heavy atom. The van der Waals surface area contributed by atoms with Crippen LogP contribution < -0.4 is 5.32 Å². The maximum Gasteiger partial charge on any atom is 0.228 e. The molecule has 0 bridgehead atoms. The van der Waals surface area contributed by atoms with Crippen LogP contribution in [-0.4, -0.2) is 40.6 Å². The number of hydrogen-bond acceptors (Lipinski definition) is 4. The summed E-state index contributed by atoms with van der Waals surface area (Å²) in [7, 11) is -3.78. The van der Waals surface area contributed by atoms with Gasteiger partial charge in [-0.15, -0.1) is 0 Å². The zero-order chi connectivity index (χ0) is 25.0. The number of hydrogen-bond donors (Lipinski definition) is 1. The molecule has 1 fully saturated rings. The fourth-order valence-electron chi connectivity index (χ4n) is 3.92. The van der Waals surface area contributed by atoms with Crippen molar-refractivity contribution >= 4 is 27.2 Å². The Morgan fingerprint density at radius 1 is 1.14 bits per heavy atom. The van der Waals surface area contributed by atoms with E-state index in [-0.39, 0.29) is 10.9 Å². The molecule has 0 aliphatic heterocycles. The Morgan fingerprint density at radius 2 is 1.83 bits per heavy atom. The third-order valence-corrected chi connectivity index (χ3v) is 7.74. The minimum Gasteiger partial charge on any atom is -0.360 e. The molecule has 0 spiro atoms. The van der Waals surface area contributed by atoms with Crippen LogP contribution in [0.1, 0.15) is 43.5 Å². The lowest BCUT2D eigenvalue weighted by Gasteiger charge is -2.28. The summed E-state index contributed by atoms with van der Waals surface area (Å²) in [6, 6.07) is 15.7. The molecule has 0 amide bonds.